The van der Waals surface area contributed by atoms with E-state index in [-0.39, 0.29) is 5.79 Å². The topological polar surface area (TPSA) is 72.4 Å². The zero-order valence-corrected chi connectivity index (χ0v) is 14.4. The lowest BCUT2D eigenvalue weighted by molar-refractivity contribution is -0.169. The number of ether oxygens (including phenoxy) is 2. The summed E-state index contributed by atoms with van der Waals surface area (Å²) in [6.45, 7) is 5.86. The number of hydrogen-bond acceptors (Lipinski definition) is 7. The molecule has 1 aromatic carbocycles. The first kappa shape index (κ1) is 16.2. The van der Waals surface area contributed by atoms with Gasteiger partial charge in [-0.1, -0.05) is 24.3 Å². The van der Waals surface area contributed by atoms with Gasteiger partial charge in [-0.25, -0.2) is 0 Å². The number of benzene rings is 1. The van der Waals surface area contributed by atoms with Crippen LogP contribution in [0.25, 0.3) is 0 Å². The van der Waals surface area contributed by atoms with Crippen molar-refractivity contribution in [3.05, 3.63) is 41.6 Å². The van der Waals surface area contributed by atoms with Crippen molar-refractivity contribution in [1.82, 2.24) is 15.2 Å². The predicted molar refractivity (Wildman–Crippen MR) is 94.4 cm³/mol. The fraction of sp³-hybridized carbons (Fsp3) is 0.500. The Kier molecular flexibility index (Phi) is 4.50. The van der Waals surface area contributed by atoms with E-state index in [0.717, 1.165) is 31.7 Å². The SMILES string of the molecule is Cc1ccccc1CNc1nncc(N2CCC3(CC2)OCCO3)n1. The maximum atomic E-state index is 5.78. The molecule has 0 amide bonds. The van der Waals surface area contributed by atoms with Crippen molar-refractivity contribution in [2.24, 2.45) is 0 Å². The van der Waals surface area contributed by atoms with E-state index in [1.807, 2.05) is 12.1 Å². The number of nitrogens with one attached hydrogen (secondary N) is 1. The number of aryl methyl sites for hydroxylation is 1. The van der Waals surface area contributed by atoms with Crippen LogP contribution in [0.3, 0.4) is 0 Å². The predicted octanol–water partition coefficient (Wildman–Crippen LogP) is 2.14. The van der Waals surface area contributed by atoms with Crippen molar-refractivity contribution in [1.29, 1.82) is 0 Å². The third-order valence-corrected chi connectivity index (χ3v) is 4.91. The molecule has 0 saturated carbocycles. The fourth-order valence-electron chi connectivity index (χ4n) is 3.37. The van der Waals surface area contributed by atoms with Crippen LogP contribution in [0, 0.1) is 6.92 Å². The van der Waals surface area contributed by atoms with Crippen LogP contribution >= 0.6 is 0 Å². The average molecular weight is 341 g/mol. The molecule has 7 heteroatoms. The van der Waals surface area contributed by atoms with Gasteiger partial charge in [0.2, 0.25) is 5.95 Å². The molecule has 0 radical (unpaired) electrons. The van der Waals surface area contributed by atoms with Crippen LogP contribution in [-0.2, 0) is 16.0 Å². The normalized spacial score (nSPS) is 19.3. The molecule has 2 aliphatic rings. The second-order valence-corrected chi connectivity index (χ2v) is 6.51. The first-order chi connectivity index (χ1) is 12.2. The first-order valence-corrected chi connectivity index (χ1v) is 8.75. The molecule has 7 nitrogen and oxygen atoms in total. The number of anilines is 2. The fourth-order valence-corrected chi connectivity index (χ4v) is 3.37. The highest BCUT2D eigenvalue weighted by Crippen LogP contribution is 2.32. The second-order valence-electron chi connectivity index (χ2n) is 6.51. The Labute approximate surface area is 147 Å². The lowest BCUT2D eigenvalue weighted by atomic mass is 10.0. The van der Waals surface area contributed by atoms with Crippen molar-refractivity contribution < 1.29 is 9.47 Å². The Bertz CT molecular complexity index is 723. The molecule has 0 aliphatic carbocycles. The summed E-state index contributed by atoms with van der Waals surface area (Å²) in [6, 6.07) is 8.28. The molecule has 0 unspecified atom stereocenters. The van der Waals surface area contributed by atoms with E-state index in [4.69, 9.17) is 9.47 Å². The molecule has 132 valence electrons. The molecule has 2 aliphatic heterocycles. The van der Waals surface area contributed by atoms with E-state index < -0.39 is 0 Å². The zero-order valence-electron chi connectivity index (χ0n) is 14.4. The summed E-state index contributed by atoms with van der Waals surface area (Å²) in [6.07, 6.45) is 3.42. The molecular weight excluding hydrogens is 318 g/mol. The van der Waals surface area contributed by atoms with E-state index in [1.54, 1.807) is 6.20 Å². The van der Waals surface area contributed by atoms with E-state index in [2.05, 4.69) is 44.5 Å². The quantitative estimate of drug-likeness (QED) is 0.913. The third kappa shape index (κ3) is 3.57. The van der Waals surface area contributed by atoms with Gasteiger partial charge in [0.15, 0.2) is 11.6 Å². The molecule has 1 aromatic heterocycles. The highest BCUT2D eigenvalue weighted by atomic mass is 16.7. The molecule has 3 heterocycles. The maximum Gasteiger partial charge on any atom is 0.244 e. The molecule has 1 N–H and O–H groups in total. The summed E-state index contributed by atoms with van der Waals surface area (Å²) in [5.41, 5.74) is 2.48. The van der Waals surface area contributed by atoms with Crippen LogP contribution in [0.4, 0.5) is 11.8 Å². The van der Waals surface area contributed by atoms with Crippen molar-refractivity contribution in [2.45, 2.75) is 32.1 Å². The van der Waals surface area contributed by atoms with Gasteiger partial charge in [-0.15, -0.1) is 5.10 Å². The lowest BCUT2D eigenvalue weighted by Gasteiger charge is -2.37. The van der Waals surface area contributed by atoms with Gasteiger partial charge in [0.05, 0.1) is 19.4 Å². The Morgan fingerprint density at radius 1 is 1.16 bits per heavy atom. The maximum absolute atomic E-state index is 5.78. The van der Waals surface area contributed by atoms with Gasteiger partial charge in [0.25, 0.3) is 0 Å². The molecule has 0 atom stereocenters. The van der Waals surface area contributed by atoms with Crippen molar-refractivity contribution >= 4 is 11.8 Å². The van der Waals surface area contributed by atoms with Gasteiger partial charge in [0.1, 0.15) is 0 Å². The van der Waals surface area contributed by atoms with Crippen LogP contribution < -0.4 is 10.2 Å². The van der Waals surface area contributed by atoms with Gasteiger partial charge in [-0.3, -0.25) is 0 Å². The van der Waals surface area contributed by atoms with Crippen LogP contribution in [-0.4, -0.2) is 47.3 Å². The largest absolute Gasteiger partial charge is 0.355 e. The van der Waals surface area contributed by atoms with Crippen LogP contribution in [0.5, 0.6) is 0 Å². The summed E-state index contributed by atoms with van der Waals surface area (Å²) in [7, 11) is 0. The van der Waals surface area contributed by atoms with Gasteiger partial charge in [-0.05, 0) is 18.1 Å². The van der Waals surface area contributed by atoms with Crippen LogP contribution in [0.1, 0.15) is 24.0 Å². The van der Waals surface area contributed by atoms with Crippen molar-refractivity contribution in [3.63, 3.8) is 0 Å². The Balaban J connectivity index is 1.39. The molecule has 2 aromatic rings. The average Bonchev–Trinajstić information content (AvgIpc) is 3.10. The Hall–Kier alpha value is -2.25. The number of nitrogens with zero attached hydrogens (tertiary/aromatic N) is 4. The summed E-state index contributed by atoms with van der Waals surface area (Å²) in [4.78, 5) is 6.83. The van der Waals surface area contributed by atoms with Crippen molar-refractivity contribution in [2.75, 3.05) is 36.5 Å². The Morgan fingerprint density at radius 2 is 1.92 bits per heavy atom. The van der Waals surface area contributed by atoms with Crippen LogP contribution in [0.2, 0.25) is 0 Å². The minimum absolute atomic E-state index is 0.372. The zero-order chi connectivity index (χ0) is 17.1. The third-order valence-electron chi connectivity index (χ3n) is 4.91. The molecule has 25 heavy (non-hydrogen) atoms. The summed E-state index contributed by atoms with van der Waals surface area (Å²) in [5, 5.41) is 11.5. The van der Waals surface area contributed by atoms with E-state index in [1.165, 1.54) is 11.1 Å². The number of aromatic nitrogens is 3. The molecule has 0 bridgehead atoms. The summed E-state index contributed by atoms with van der Waals surface area (Å²) >= 11 is 0. The molecule has 2 saturated heterocycles. The van der Waals surface area contributed by atoms with E-state index in [9.17, 15) is 0 Å². The second kappa shape index (κ2) is 6.93. The first-order valence-electron chi connectivity index (χ1n) is 8.75. The summed E-state index contributed by atoms with van der Waals surface area (Å²) < 4.78 is 11.6. The smallest absolute Gasteiger partial charge is 0.244 e. The number of hydrogen-bond donors (Lipinski definition) is 1. The minimum Gasteiger partial charge on any atom is -0.355 e. The van der Waals surface area contributed by atoms with Gasteiger partial charge >= 0.3 is 0 Å². The summed E-state index contributed by atoms with van der Waals surface area (Å²) in [5.74, 6) is 1.02. The highest BCUT2D eigenvalue weighted by Gasteiger charge is 2.40. The van der Waals surface area contributed by atoms with Crippen molar-refractivity contribution in [3.8, 4) is 0 Å². The Morgan fingerprint density at radius 3 is 2.68 bits per heavy atom. The molecule has 2 fully saturated rings. The van der Waals surface area contributed by atoms with Gasteiger partial charge in [-0.2, -0.15) is 10.1 Å². The van der Waals surface area contributed by atoms with Crippen LogP contribution in [0.15, 0.2) is 30.5 Å². The monoisotopic (exact) mass is 341 g/mol. The number of rotatable bonds is 4. The highest BCUT2D eigenvalue weighted by molar-refractivity contribution is 5.41. The lowest BCUT2D eigenvalue weighted by Crippen LogP contribution is -2.45. The van der Waals surface area contributed by atoms with Gasteiger partial charge in [0, 0.05) is 32.5 Å². The minimum atomic E-state index is -0.372. The van der Waals surface area contributed by atoms with E-state index >= 15 is 0 Å². The van der Waals surface area contributed by atoms with E-state index in [0.29, 0.717) is 25.7 Å². The van der Waals surface area contributed by atoms with Gasteiger partial charge < -0.3 is 19.7 Å². The molecule has 1 spiro atoms. The molecular formula is C18H23N5O2. The standard InChI is InChI=1S/C18H23N5O2/c1-14-4-2-3-5-15(14)12-19-17-21-16(13-20-22-17)23-8-6-18(7-9-23)24-10-11-25-18/h2-5,13H,6-12H2,1H3,(H,19,21,22). The molecule has 4 rings (SSSR count). The number of piperidine rings is 1.